The van der Waals surface area contributed by atoms with Gasteiger partial charge in [-0.25, -0.2) is 4.98 Å². The molecule has 2 aliphatic rings. The van der Waals surface area contributed by atoms with Crippen LogP contribution in [0.5, 0.6) is 11.5 Å². The molecule has 36 heavy (non-hydrogen) atoms. The van der Waals surface area contributed by atoms with Crippen molar-refractivity contribution in [2.75, 3.05) is 76.8 Å². The molecule has 1 N–H and O–H groups in total. The Morgan fingerprint density at radius 1 is 0.806 bits per heavy atom. The largest absolute Gasteiger partial charge is 0.493 e. The number of methoxy groups -OCH3 is 2. The summed E-state index contributed by atoms with van der Waals surface area (Å²) in [5, 5.41) is 5.03. The molecule has 0 aliphatic carbocycles. The van der Waals surface area contributed by atoms with Crippen LogP contribution in [0.4, 0.5) is 17.5 Å². The highest BCUT2D eigenvalue weighted by molar-refractivity contribution is 6.30. The van der Waals surface area contributed by atoms with E-state index in [4.69, 9.17) is 31.0 Å². The second-order valence-corrected chi connectivity index (χ2v) is 9.90. The Labute approximate surface area is 218 Å². The number of nitrogens with zero attached hydrogens (tertiary/aromatic N) is 5. The fourth-order valence-electron chi connectivity index (χ4n) is 5.03. The van der Waals surface area contributed by atoms with Gasteiger partial charge in [-0.15, -0.1) is 0 Å². The summed E-state index contributed by atoms with van der Waals surface area (Å²) >= 11 is 6.10. The van der Waals surface area contributed by atoms with E-state index in [0.29, 0.717) is 16.5 Å². The number of rotatable bonds is 8. The van der Waals surface area contributed by atoms with Crippen molar-refractivity contribution in [3.8, 4) is 11.5 Å². The number of anilines is 3. The van der Waals surface area contributed by atoms with Crippen molar-refractivity contribution in [3.63, 3.8) is 0 Å². The molecule has 3 aromatic rings. The fourth-order valence-corrected chi connectivity index (χ4v) is 5.16. The van der Waals surface area contributed by atoms with Crippen molar-refractivity contribution < 1.29 is 9.47 Å². The normalized spacial score (nSPS) is 17.4. The minimum atomic E-state index is 0.643. The first-order valence-corrected chi connectivity index (χ1v) is 13.2. The number of nitrogens with one attached hydrogen (secondary N) is 1. The molecule has 0 radical (unpaired) electrons. The molecule has 5 rings (SSSR count). The quantitative estimate of drug-likeness (QED) is 0.469. The van der Waals surface area contributed by atoms with Gasteiger partial charge in [0.15, 0.2) is 11.5 Å². The summed E-state index contributed by atoms with van der Waals surface area (Å²) in [5.74, 6) is 2.75. The molecule has 0 atom stereocenters. The van der Waals surface area contributed by atoms with Gasteiger partial charge in [0, 0.05) is 54.9 Å². The lowest BCUT2D eigenvalue weighted by molar-refractivity contribution is 0.236. The first kappa shape index (κ1) is 24.9. The van der Waals surface area contributed by atoms with Crippen LogP contribution in [0.2, 0.25) is 5.02 Å². The minimum Gasteiger partial charge on any atom is -0.493 e. The number of halogens is 1. The lowest BCUT2D eigenvalue weighted by Gasteiger charge is -2.24. The zero-order valence-corrected chi connectivity index (χ0v) is 21.9. The zero-order valence-electron chi connectivity index (χ0n) is 21.2. The first-order valence-electron chi connectivity index (χ1n) is 12.8. The Bertz CT molecular complexity index is 1170. The highest BCUT2D eigenvalue weighted by Gasteiger charge is 2.21. The second-order valence-electron chi connectivity index (χ2n) is 9.46. The molecule has 0 saturated carbocycles. The van der Waals surface area contributed by atoms with Crippen LogP contribution >= 0.6 is 11.6 Å². The average molecular weight is 511 g/mol. The molecule has 2 saturated heterocycles. The van der Waals surface area contributed by atoms with Crippen LogP contribution in [0, 0.1) is 0 Å². The number of aromatic nitrogens is 2. The molecular formula is C27H35ClN6O2. The molecule has 8 nitrogen and oxygen atoms in total. The number of hydrogen-bond acceptors (Lipinski definition) is 8. The van der Waals surface area contributed by atoms with Crippen molar-refractivity contribution in [2.45, 2.75) is 19.3 Å². The van der Waals surface area contributed by atoms with Crippen molar-refractivity contribution in [1.82, 2.24) is 19.8 Å². The summed E-state index contributed by atoms with van der Waals surface area (Å²) in [7, 11) is 3.28. The summed E-state index contributed by atoms with van der Waals surface area (Å²) in [6.45, 7) is 8.76. The number of hydrogen-bond donors (Lipinski definition) is 1. The molecule has 0 amide bonds. The van der Waals surface area contributed by atoms with E-state index < -0.39 is 0 Å². The van der Waals surface area contributed by atoms with E-state index in [1.54, 1.807) is 14.2 Å². The third-order valence-electron chi connectivity index (χ3n) is 7.10. The van der Waals surface area contributed by atoms with Crippen LogP contribution in [0.25, 0.3) is 10.9 Å². The number of fused-ring (bicyclic) bond motifs is 1. The van der Waals surface area contributed by atoms with E-state index in [2.05, 4.69) is 20.0 Å². The predicted octanol–water partition coefficient (Wildman–Crippen LogP) is 4.65. The van der Waals surface area contributed by atoms with Gasteiger partial charge in [0.2, 0.25) is 5.95 Å². The van der Waals surface area contributed by atoms with Gasteiger partial charge >= 0.3 is 0 Å². The van der Waals surface area contributed by atoms with Gasteiger partial charge in [0.25, 0.3) is 0 Å². The van der Waals surface area contributed by atoms with Crippen molar-refractivity contribution in [3.05, 3.63) is 41.4 Å². The Morgan fingerprint density at radius 3 is 2.19 bits per heavy atom. The molecule has 0 spiro atoms. The van der Waals surface area contributed by atoms with Gasteiger partial charge < -0.3 is 29.5 Å². The first-order chi connectivity index (χ1) is 17.6. The smallest absolute Gasteiger partial charge is 0.227 e. The molecule has 2 fully saturated rings. The maximum atomic E-state index is 6.10. The van der Waals surface area contributed by atoms with E-state index in [1.165, 1.54) is 32.5 Å². The van der Waals surface area contributed by atoms with Crippen LogP contribution in [0.15, 0.2) is 36.4 Å². The van der Waals surface area contributed by atoms with E-state index in [1.807, 2.05) is 36.4 Å². The zero-order chi connectivity index (χ0) is 24.9. The molecule has 9 heteroatoms. The van der Waals surface area contributed by atoms with Gasteiger partial charge in [-0.1, -0.05) is 11.6 Å². The second kappa shape index (κ2) is 11.5. The van der Waals surface area contributed by atoms with E-state index in [-0.39, 0.29) is 0 Å². The molecule has 0 bridgehead atoms. The molecule has 192 valence electrons. The maximum absolute atomic E-state index is 6.10. The van der Waals surface area contributed by atoms with Gasteiger partial charge in [0.05, 0.1) is 19.7 Å². The SMILES string of the molecule is COc1cc2nc(N3CCCN(CCN4CCCC4)CC3)nc(Nc3ccc(Cl)cc3)c2cc1OC. The Morgan fingerprint density at radius 2 is 1.47 bits per heavy atom. The van der Waals surface area contributed by atoms with Crippen LogP contribution in [-0.4, -0.2) is 86.3 Å². The van der Waals surface area contributed by atoms with Gasteiger partial charge in [-0.2, -0.15) is 4.98 Å². The molecule has 2 aliphatic heterocycles. The maximum Gasteiger partial charge on any atom is 0.227 e. The third kappa shape index (κ3) is 5.77. The number of benzene rings is 2. The van der Waals surface area contributed by atoms with Crippen LogP contribution < -0.4 is 19.7 Å². The standard InChI is InChI=1S/C27H35ClN6O2/c1-35-24-18-22-23(19-25(24)36-2)30-27(31-26(22)29-21-8-6-20(28)7-9-21)34-13-5-12-33(16-17-34)15-14-32-10-3-4-11-32/h6-9,18-19H,3-5,10-17H2,1-2H3,(H,29,30,31). The summed E-state index contributed by atoms with van der Waals surface area (Å²) in [6, 6.07) is 11.5. The topological polar surface area (TPSA) is 66.0 Å². The summed E-state index contributed by atoms with van der Waals surface area (Å²) in [6.07, 6.45) is 3.78. The highest BCUT2D eigenvalue weighted by atomic mass is 35.5. The monoisotopic (exact) mass is 510 g/mol. The Kier molecular flexibility index (Phi) is 7.94. The molecule has 1 aromatic heterocycles. The fraction of sp³-hybridized carbons (Fsp3) is 0.481. The minimum absolute atomic E-state index is 0.643. The Hall–Kier alpha value is -2.81. The van der Waals surface area contributed by atoms with Crippen LogP contribution in [-0.2, 0) is 0 Å². The van der Waals surface area contributed by atoms with Crippen molar-refractivity contribution in [1.29, 1.82) is 0 Å². The molecular weight excluding hydrogens is 476 g/mol. The summed E-state index contributed by atoms with van der Waals surface area (Å²) in [5.41, 5.74) is 1.72. The molecule has 2 aromatic carbocycles. The van der Waals surface area contributed by atoms with Crippen LogP contribution in [0.3, 0.4) is 0 Å². The van der Waals surface area contributed by atoms with Crippen molar-refractivity contribution in [2.24, 2.45) is 0 Å². The van der Waals surface area contributed by atoms with E-state index in [9.17, 15) is 0 Å². The summed E-state index contributed by atoms with van der Waals surface area (Å²) < 4.78 is 11.1. The van der Waals surface area contributed by atoms with Crippen molar-refractivity contribution >= 4 is 40.0 Å². The van der Waals surface area contributed by atoms with Gasteiger partial charge in [-0.3, -0.25) is 0 Å². The highest BCUT2D eigenvalue weighted by Crippen LogP contribution is 2.36. The van der Waals surface area contributed by atoms with Crippen LogP contribution in [0.1, 0.15) is 19.3 Å². The third-order valence-corrected chi connectivity index (χ3v) is 7.35. The number of likely N-dealkylation sites (tertiary alicyclic amines) is 1. The van der Waals surface area contributed by atoms with E-state index in [0.717, 1.165) is 67.5 Å². The Balaban J connectivity index is 1.41. The van der Waals surface area contributed by atoms with E-state index >= 15 is 0 Å². The summed E-state index contributed by atoms with van der Waals surface area (Å²) in [4.78, 5) is 17.4. The lowest BCUT2D eigenvalue weighted by Crippen LogP contribution is -2.36. The lowest BCUT2D eigenvalue weighted by atomic mass is 10.2. The van der Waals surface area contributed by atoms with Gasteiger partial charge in [0.1, 0.15) is 5.82 Å². The number of ether oxygens (including phenoxy) is 2. The molecule has 3 heterocycles. The van der Waals surface area contributed by atoms with Gasteiger partial charge in [-0.05, 0) is 69.2 Å². The molecule has 0 unspecified atom stereocenters. The average Bonchev–Trinajstić information content (AvgIpc) is 3.31. The predicted molar refractivity (Wildman–Crippen MR) is 146 cm³/mol.